The number of hydrogen-bond acceptors (Lipinski definition) is 5. The standard InChI is InChI=1S/C9H11N5O2/c1-2-14-5-13-7-8(10-3-6(15)16)11-4-12-9(7)14/h4-5H,2-3H2,1H3,(H,15,16)(H,10,11,12). The Labute approximate surface area is 91.2 Å². The van der Waals surface area contributed by atoms with Crippen molar-refractivity contribution in [1.82, 2.24) is 19.5 Å². The van der Waals surface area contributed by atoms with Crippen LogP contribution < -0.4 is 5.32 Å². The SMILES string of the molecule is CCn1cnc2c(NCC(=O)O)ncnc21. The molecule has 0 atom stereocenters. The molecule has 0 bridgehead atoms. The van der Waals surface area contributed by atoms with E-state index in [1.165, 1.54) is 6.33 Å². The molecule has 0 unspecified atom stereocenters. The van der Waals surface area contributed by atoms with E-state index < -0.39 is 5.97 Å². The van der Waals surface area contributed by atoms with Crippen LogP contribution in [0.4, 0.5) is 5.82 Å². The Morgan fingerprint density at radius 1 is 1.50 bits per heavy atom. The molecule has 0 aliphatic heterocycles. The van der Waals surface area contributed by atoms with Crippen molar-refractivity contribution in [2.24, 2.45) is 0 Å². The quantitative estimate of drug-likeness (QED) is 0.773. The zero-order valence-corrected chi connectivity index (χ0v) is 8.71. The van der Waals surface area contributed by atoms with Crippen molar-refractivity contribution < 1.29 is 9.90 Å². The Balaban J connectivity index is 2.38. The maximum atomic E-state index is 10.4. The van der Waals surface area contributed by atoms with Crippen molar-refractivity contribution in [3.8, 4) is 0 Å². The number of nitrogens with one attached hydrogen (secondary N) is 1. The Bertz CT molecular complexity index is 522. The van der Waals surface area contributed by atoms with Crippen molar-refractivity contribution in [3.63, 3.8) is 0 Å². The highest BCUT2D eigenvalue weighted by molar-refractivity contribution is 5.84. The van der Waals surface area contributed by atoms with Gasteiger partial charge in [0.05, 0.1) is 6.33 Å². The van der Waals surface area contributed by atoms with E-state index in [9.17, 15) is 4.79 Å². The molecule has 2 rings (SSSR count). The third-order valence-corrected chi connectivity index (χ3v) is 2.15. The van der Waals surface area contributed by atoms with Crippen LogP contribution in [0.1, 0.15) is 6.92 Å². The number of carbonyl (C=O) groups is 1. The molecule has 84 valence electrons. The summed E-state index contributed by atoms with van der Waals surface area (Å²) in [6, 6.07) is 0. The topological polar surface area (TPSA) is 92.9 Å². The Morgan fingerprint density at radius 3 is 3.00 bits per heavy atom. The lowest BCUT2D eigenvalue weighted by Crippen LogP contribution is -2.13. The lowest BCUT2D eigenvalue weighted by molar-refractivity contribution is -0.134. The molecule has 0 aromatic carbocycles. The van der Waals surface area contributed by atoms with Gasteiger partial charge in [0.15, 0.2) is 11.5 Å². The van der Waals surface area contributed by atoms with Gasteiger partial charge in [0.2, 0.25) is 0 Å². The molecule has 7 heteroatoms. The fraction of sp³-hybridized carbons (Fsp3) is 0.333. The number of imidazole rings is 1. The van der Waals surface area contributed by atoms with E-state index in [1.807, 2.05) is 11.5 Å². The average Bonchev–Trinajstić information content (AvgIpc) is 2.69. The molecule has 2 N–H and O–H groups in total. The molecule has 0 fully saturated rings. The predicted molar refractivity (Wildman–Crippen MR) is 57.1 cm³/mol. The molecule has 0 radical (unpaired) electrons. The highest BCUT2D eigenvalue weighted by Gasteiger charge is 2.09. The number of fused-ring (bicyclic) bond motifs is 1. The molecule has 2 aromatic rings. The summed E-state index contributed by atoms with van der Waals surface area (Å²) in [5.41, 5.74) is 1.29. The number of carboxylic acids is 1. The van der Waals surface area contributed by atoms with Crippen LogP contribution >= 0.6 is 0 Å². The van der Waals surface area contributed by atoms with Gasteiger partial charge in [-0.1, -0.05) is 0 Å². The fourth-order valence-electron chi connectivity index (χ4n) is 1.40. The third kappa shape index (κ3) is 1.79. The molecule has 0 aliphatic rings. The molecule has 0 spiro atoms. The summed E-state index contributed by atoms with van der Waals surface area (Å²) >= 11 is 0. The van der Waals surface area contributed by atoms with E-state index in [-0.39, 0.29) is 6.54 Å². The Hall–Kier alpha value is -2.18. The number of rotatable bonds is 4. The first-order valence-corrected chi connectivity index (χ1v) is 4.84. The van der Waals surface area contributed by atoms with Crippen LogP contribution in [0.2, 0.25) is 0 Å². The summed E-state index contributed by atoms with van der Waals surface area (Å²) in [6.45, 7) is 2.55. The number of anilines is 1. The lowest BCUT2D eigenvalue weighted by atomic mass is 10.4. The van der Waals surface area contributed by atoms with Crippen molar-refractivity contribution >= 4 is 23.0 Å². The van der Waals surface area contributed by atoms with Crippen LogP contribution in [0.25, 0.3) is 11.2 Å². The smallest absolute Gasteiger partial charge is 0.322 e. The van der Waals surface area contributed by atoms with Crippen LogP contribution in [0.15, 0.2) is 12.7 Å². The second kappa shape index (κ2) is 4.13. The molecular formula is C9H11N5O2. The van der Waals surface area contributed by atoms with E-state index in [0.29, 0.717) is 17.0 Å². The van der Waals surface area contributed by atoms with Crippen molar-refractivity contribution in [2.75, 3.05) is 11.9 Å². The Kier molecular flexibility index (Phi) is 2.67. The number of nitrogens with zero attached hydrogens (tertiary/aromatic N) is 4. The minimum Gasteiger partial charge on any atom is -0.480 e. The molecule has 7 nitrogen and oxygen atoms in total. The molecule has 16 heavy (non-hydrogen) atoms. The van der Waals surface area contributed by atoms with Crippen LogP contribution in [0.5, 0.6) is 0 Å². The predicted octanol–water partition coefficient (Wildman–Crippen LogP) is 0.343. The average molecular weight is 221 g/mol. The van der Waals surface area contributed by atoms with E-state index >= 15 is 0 Å². The summed E-state index contributed by atoms with van der Waals surface area (Å²) in [5, 5.41) is 11.3. The van der Waals surface area contributed by atoms with Gasteiger partial charge in [-0.05, 0) is 6.92 Å². The number of aliphatic carboxylic acids is 1. The maximum Gasteiger partial charge on any atom is 0.322 e. The summed E-state index contributed by atoms with van der Waals surface area (Å²) in [4.78, 5) is 22.7. The van der Waals surface area contributed by atoms with Crippen LogP contribution in [-0.2, 0) is 11.3 Å². The summed E-state index contributed by atoms with van der Waals surface area (Å²) in [7, 11) is 0. The monoisotopic (exact) mass is 221 g/mol. The molecule has 2 heterocycles. The lowest BCUT2D eigenvalue weighted by Gasteiger charge is -2.02. The molecule has 2 aromatic heterocycles. The number of hydrogen-bond donors (Lipinski definition) is 2. The summed E-state index contributed by atoms with van der Waals surface area (Å²) < 4.78 is 1.86. The molecular weight excluding hydrogens is 210 g/mol. The largest absolute Gasteiger partial charge is 0.480 e. The van der Waals surface area contributed by atoms with Gasteiger partial charge in [-0.25, -0.2) is 15.0 Å². The van der Waals surface area contributed by atoms with Gasteiger partial charge in [0, 0.05) is 6.54 Å². The molecule has 0 saturated heterocycles. The van der Waals surface area contributed by atoms with Crippen LogP contribution in [-0.4, -0.2) is 37.1 Å². The van der Waals surface area contributed by atoms with Crippen molar-refractivity contribution in [1.29, 1.82) is 0 Å². The van der Waals surface area contributed by atoms with Gasteiger partial charge >= 0.3 is 5.97 Å². The van der Waals surface area contributed by atoms with Gasteiger partial charge in [-0.2, -0.15) is 0 Å². The summed E-state index contributed by atoms with van der Waals surface area (Å²) in [5.74, 6) is -0.499. The van der Waals surface area contributed by atoms with Gasteiger partial charge in [-0.15, -0.1) is 0 Å². The number of aryl methyl sites for hydroxylation is 1. The first-order chi connectivity index (χ1) is 7.72. The molecule has 0 amide bonds. The second-order valence-corrected chi connectivity index (χ2v) is 3.17. The van der Waals surface area contributed by atoms with Gasteiger partial charge in [-0.3, -0.25) is 4.79 Å². The minimum atomic E-state index is -0.943. The second-order valence-electron chi connectivity index (χ2n) is 3.17. The van der Waals surface area contributed by atoms with E-state index in [0.717, 1.165) is 6.54 Å². The van der Waals surface area contributed by atoms with Gasteiger partial charge < -0.3 is 15.0 Å². The van der Waals surface area contributed by atoms with Crippen LogP contribution in [0, 0.1) is 0 Å². The van der Waals surface area contributed by atoms with E-state index in [4.69, 9.17) is 5.11 Å². The fourth-order valence-corrected chi connectivity index (χ4v) is 1.40. The van der Waals surface area contributed by atoms with Crippen molar-refractivity contribution in [2.45, 2.75) is 13.5 Å². The molecule has 0 aliphatic carbocycles. The highest BCUT2D eigenvalue weighted by Crippen LogP contribution is 2.16. The zero-order chi connectivity index (χ0) is 11.5. The normalized spacial score (nSPS) is 10.6. The first-order valence-electron chi connectivity index (χ1n) is 4.84. The third-order valence-electron chi connectivity index (χ3n) is 2.15. The van der Waals surface area contributed by atoms with Crippen LogP contribution in [0.3, 0.4) is 0 Å². The summed E-state index contributed by atoms with van der Waals surface area (Å²) in [6.07, 6.45) is 3.05. The van der Waals surface area contributed by atoms with Crippen molar-refractivity contribution in [3.05, 3.63) is 12.7 Å². The number of aromatic nitrogens is 4. The minimum absolute atomic E-state index is 0.189. The van der Waals surface area contributed by atoms with Gasteiger partial charge in [0.25, 0.3) is 0 Å². The molecule has 0 saturated carbocycles. The van der Waals surface area contributed by atoms with E-state index in [1.54, 1.807) is 6.33 Å². The van der Waals surface area contributed by atoms with E-state index in [2.05, 4.69) is 20.3 Å². The first kappa shape index (κ1) is 10.3. The highest BCUT2D eigenvalue weighted by atomic mass is 16.4. The van der Waals surface area contributed by atoms with Gasteiger partial charge in [0.1, 0.15) is 18.4 Å². The maximum absolute atomic E-state index is 10.4. The Morgan fingerprint density at radius 2 is 2.31 bits per heavy atom. The number of carboxylic acid groups (broad SMARTS) is 1. The zero-order valence-electron chi connectivity index (χ0n) is 8.71.